The number of hydrogen-bond acceptors (Lipinski definition) is 4. The Balaban J connectivity index is 1.50. The highest BCUT2D eigenvalue weighted by atomic mass is 16.5. The highest BCUT2D eigenvalue weighted by Gasteiger charge is 2.46. The van der Waals surface area contributed by atoms with Crippen LogP contribution in [0.25, 0.3) is 11.4 Å². The molecule has 1 heterocycles. The average molecular weight is 314 g/mol. The molecule has 1 fully saturated rings. The number of amides is 1. The Bertz CT molecular complexity index is 675. The van der Waals surface area contributed by atoms with E-state index in [4.69, 9.17) is 4.74 Å². The molecular formula is C17H22N4O2. The molecule has 6 heteroatoms. The van der Waals surface area contributed by atoms with Crippen LogP contribution in [0, 0.1) is 5.92 Å². The summed E-state index contributed by atoms with van der Waals surface area (Å²) in [5, 5.41) is 9.93. The minimum Gasteiger partial charge on any atom is -0.372 e. The van der Waals surface area contributed by atoms with Gasteiger partial charge < -0.3 is 10.1 Å². The topological polar surface area (TPSA) is 79.9 Å². The van der Waals surface area contributed by atoms with Crippen LogP contribution in [0.1, 0.15) is 33.0 Å². The van der Waals surface area contributed by atoms with Crippen molar-refractivity contribution in [3.05, 3.63) is 36.2 Å². The monoisotopic (exact) mass is 314 g/mol. The third-order valence-electron chi connectivity index (χ3n) is 3.57. The van der Waals surface area contributed by atoms with Crippen LogP contribution in [0.15, 0.2) is 30.3 Å². The fourth-order valence-electron chi connectivity index (χ4n) is 2.42. The van der Waals surface area contributed by atoms with E-state index in [1.807, 2.05) is 51.1 Å². The van der Waals surface area contributed by atoms with Crippen LogP contribution in [-0.4, -0.2) is 32.8 Å². The van der Waals surface area contributed by atoms with E-state index < -0.39 is 0 Å². The highest BCUT2D eigenvalue weighted by Crippen LogP contribution is 2.36. The Morgan fingerprint density at radius 2 is 2.09 bits per heavy atom. The van der Waals surface area contributed by atoms with E-state index in [-0.39, 0.29) is 23.5 Å². The molecule has 0 spiro atoms. The second kappa shape index (κ2) is 6.12. The van der Waals surface area contributed by atoms with E-state index in [1.54, 1.807) is 0 Å². The van der Waals surface area contributed by atoms with Gasteiger partial charge in [-0.25, -0.2) is 4.98 Å². The van der Waals surface area contributed by atoms with Crippen LogP contribution in [0.4, 0.5) is 0 Å². The van der Waals surface area contributed by atoms with Crippen molar-refractivity contribution in [2.24, 2.45) is 5.92 Å². The first-order valence-electron chi connectivity index (χ1n) is 7.84. The van der Waals surface area contributed by atoms with Crippen LogP contribution < -0.4 is 5.32 Å². The average Bonchev–Trinajstić information content (AvgIpc) is 3.09. The molecule has 1 saturated carbocycles. The van der Waals surface area contributed by atoms with Crippen molar-refractivity contribution >= 4 is 5.91 Å². The number of hydrogen-bond donors (Lipinski definition) is 2. The molecule has 1 aliphatic carbocycles. The maximum Gasteiger partial charge on any atom is 0.226 e. The lowest BCUT2D eigenvalue weighted by atomic mass is 10.2. The third-order valence-corrected chi connectivity index (χ3v) is 3.57. The Morgan fingerprint density at radius 3 is 2.78 bits per heavy atom. The Hall–Kier alpha value is -2.21. The standard InChI is InChI=1S/C17H22N4O2/c1-17(2,3)23-13-9-12(13)16(22)18-10-14-19-15(21-20-14)11-7-5-4-6-8-11/h4-8,12-13H,9-10H2,1-3H3,(H,18,22)(H,19,20,21)/t12-,13-/m1/s1. The number of carbonyl (C=O) groups excluding carboxylic acids is 1. The summed E-state index contributed by atoms with van der Waals surface area (Å²) in [4.78, 5) is 16.5. The Kier molecular flexibility index (Phi) is 4.17. The number of carbonyl (C=O) groups is 1. The number of aromatic nitrogens is 3. The summed E-state index contributed by atoms with van der Waals surface area (Å²) in [6.45, 7) is 6.34. The van der Waals surface area contributed by atoms with Gasteiger partial charge in [0, 0.05) is 5.56 Å². The molecule has 0 aliphatic heterocycles. The van der Waals surface area contributed by atoms with Gasteiger partial charge in [0.25, 0.3) is 0 Å². The first-order valence-corrected chi connectivity index (χ1v) is 7.84. The van der Waals surface area contributed by atoms with Gasteiger partial charge >= 0.3 is 0 Å². The van der Waals surface area contributed by atoms with Gasteiger partial charge in [-0.3, -0.25) is 9.89 Å². The van der Waals surface area contributed by atoms with E-state index in [0.29, 0.717) is 18.2 Å². The third kappa shape index (κ3) is 4.16. The molecule has 23 heavy (non-hydrogen) atoms. The van der Waals surface area contributed by atoms with E-state index >= 15 is 0 Å². The molecule has 1 aromatic heterocycles. The maximum atomic E-state index is 12.1. The minimum atomic E-state index is -0.213. The largest absolute Gasteiger partial charge is 0.372 e. The van der Waals surface area contributed by atoms with Gasteiger partial charge in [0.05, 0.1) is 24.2 Å². The zero-order chi connectivity index (χ0) is 16.4. The second-order valence-corrected chi connectivity index (χ2v) is 6.80. The van der Waals surface area contributed by atoms with Crippen LogP contribution in [0.3, 0.4) is 0 Å². The summed E-state index contributed by atoms with van der Waals surface area (Å²) in [5.74, 6) is 1.24. The molecule has 6 nitrogen and oxygen atoms in total. The first-order chi connectivity index (χ1) is 10.9. The van der Waals surface area contributed by atoms with Gasteiger partial charge in [0.15, 0.2) is 5.82 Å². The van der Waals surface area contributed by atoms with Crippen molar-refractivity contribution in [2.45, 2.75) is 45.4 Å². The van der Waals surface area contributed by atoms with Gasteiger partial charge in [-0.2, -0.15) is 5.10 Å². The normalized spacial score (nSPS) is 20.3. The summed E-state index contributed by atoms with van der Waals surface area (Å²) in [7, 11) is 0. The molecule has 0 bridgehead atoms. The van der Waals surface area contributed by atoms with Crippen LogP contribution >= 0.6 is 0 Å². The van der Waals surface area contributed by atoms with Crippen molar-refractivity contribution in [3.8, 4) is 11.4 Å². The number of nitrogens with zero attached hydrogens (tertiary/aromatic N) is 2. The van der Waals surface area contributed by atoms with Crippen LogP contribution in [-0.2, 0) is 16.1 Å². The predicted molar refractivity (Wildman–Crippen MR) is 86.4 cm³/mol. The smallest absolute Gasteiger partial charge is 0.226 e. The van der Waals surface area contributed by atoms with Crippen LogP contribution in [0.5, 0.6) is 0 Å². The molecular weight excluding hydrogens is 292 g/mol. The molecule has 2 N–H and O–H groups in total. The number of ether oxygens (including phenoxy) is 1. The predicted octanol–water partition coefficient (Wildman–Crippen LogP) is 2.29. The van der Waals surface area contributed by atoms with Crippen LogP contribution in [0.2, 0.25) is 0 Å². The Morgan fingerprint density at radius 1 is 1.35 bits per heavy atom. The van der Waals surface area contributed by atoms with Crippen molar-refractivity contribution in [1.29, 1.82) is 0 Å². The minimum absolute atomic E-state index is 0.0110. The van der Waals surface area contributed by atoms with E-state index in [9.17, 15) is 4.79 Å². The van der Waals surface area contributed by atoms with Gasteiger partial charge in [-0.05, 0) is 27.2 Å². The zero-order valence-electron chi connectivity index (χ0n) is 13.7. The fraction of sp³-hybridized carbons (Fsp3) is 0.471. The van der Waals surface area contributed by atoms with Crippen molar-refractivity contribution in [3.63, 3.8) is 0 Å². The summed E-state index contributed by atoms with van der Waals surface area (Å²) in [6, 6.07) is 9.72. The number of rotatable bonds is 5. The van der Waals surface area contributed by atoms with Crippen molar-refractivity contribution < 1.29 is 9.53 Å². The summed E-state index contributed by atoms with van der Waals surface area (Å²) >= 11 is 0. The number of aromatic amines is 1. The first kappa shape index (κ1) is 15.7. The lowest BCUT2D eigenvalue weighted by Gasteiger charge is -2.19. The Labute approximate surface area is 135 Å². The molecule has 1 amide bonds. The lowest BCUT2D eigenvalue weighted by Crippen LogP contribution is -2.28. The zero-order valence-corrected chi connectivity index (χ0v) is 13.7. The van der Waals surface area contributed by atoms with Crippen molar-refractivity contribution in [2.75, 3.05) is 0 Å². The molecule has 2 atom stereocenters. The van der Waals surface area contributed by atoms with Gasteiger partial charge in [-0.1, -0.05) is 30.3 Å². The molecule has 0 unspecified atom stereocenters. The van der Waals surface area contributed by atoms with Gasteiger partial charge in [0.1, 0.15) is 5.82 Å². The molecule has 122 valence electrons. The molecule has 1 aromatic carbocycles. The van der Waals surface area contributed by atoms with Gasteiger partial charge in [-0.15, -0.1) is 0 Å². The van der Waals surface area contributed by atoms with E-state index in [0.717, 1.165) is 12.0 Å². The van der Waals surface area contributed by atoms with Crippen molar-refractivity contribution in [1.82, 2.24) is 20.5 Å². The molecule has 0 radical (unpaired) electrons. The number of H-pyrrole nitrogens is 1. The van der Waals surface area contributed by atoms with E-state index in [2.05, 4.69) is 20.5 Å². The van der Waals surface area contributed by atoms with E-state index in [1.165, 1.54) is 0 Å². The highest BCUT2D eigenvalue weighted by molar-refractivity contribution is 5.82. The summed E-state index contributed by atoms with van der Waals surface area (Å²) in [5.41, 5.74) is 0.733. The van der Waals surface area contributed by atoms with Gasteiger partial charge in [0.2, 0.25) is 5.91 Å². The summed E-state index contributed by atoms with van der Waals surface area (Å²) < 4.78 is 5.80. The quantitative estimate of drug-likeness (QED) is 0.887. The summed E-state index contributed by atoms with van der Waals surface area (Å²) in [6.07, 6.45) is 0.819. The maximum absolute atomic E-state index is 12.1. The number of benzene rings is 1. The molecule has 3 rings (SSSR count). The SMILES string of the molecule is CC(C)(C)O[C@@H]1C[C@H]1C(=O)NCc1nc(-c2ccccc2)n[nH]1. The second-order valence-electron chi connectivity index (χ2n) is 6.80. The molecule has 1 aliphatic rings. The molecule has 2 aromatic rings. The fourth-order valence-corrected chi connectivity index (χ4v) is 2.42. The number of nitrogens with one attached hydrogen (secondary N) is 2. The lowest BCUT2D eigenvalue weighted by molar-refractivity contribution is -0.124. The molecule has 0 saturated heterocycles.